The first-order chi connectivity index (χ1) is 12.9. The second kappa shape index (κ2) is 7.56. The molecule has 1 aromatic heterocycles. The van der Waals surface area contributed by atoms with Crippen molar-refractivity contribution >= 4 is 17.6 Å². The van der Waals surface area contributed by atoms with Gasteiger partial charge in [0.2, 0.25) is 11.8 Å². The number of anilines is 1. The number of pyridine rings is 1. The molecule has 0 saturated heterocycles. The van der Waals surface area contributed by atoms with Crippen LogP contribution in [0.5, 0.6) is 5.88 Å². The smallest absolute Gasteiger partial charge is 0.322 e. The molecule has 1 aromatic carbocycles. The number of rotatable bonds is 5. The predicted molar refractivity (Wildman–Crippen MR) is 93.1 cm³/mol. The molecule has 1 aliphatic rings. The molecule has 0 bridgehead atoms. The minimum atomic E-state index is -0.747. The molecular formula is C18H18F2N4O3. The first-order valence-corrected chi connectivity index (χ1v) is 8.21. The number of carbonyl (C=O) groups excluding carboxylic acids is 2. The fraction of sp³-hybridized carbons (Fsp3) is 0.278. The van der Waals surface area contributed by atoms with E-state index < -0.39 is 29.6 Å². The lowest BCUT2D eigenvalue weighted by atomic mass is 10.1. The number of carbonyl (C=O) groups is 2. The lowest BCUT2D eigenvalue weighted by Gasteiger charge is -2.29. The van der Waals surface area contributed by atoms with E-state index in [0.29, 0.717) is 17.1 Å². The lowest BCUT2D eigenvalue weighted by molar-refractivity contribution is -0.122. The Morgan fingerprint density at radius 1 is 1.41 bits per heavy atom. The van der Waals surface area contributed by atoms with Crippen molar-refractivity contribution in [3.63, 3.8) is 0 Å². The molecule has 2 heterocycles. The molecule has 0 aliphatic carbocycles. The highest BCUT2D eigenvalue weighted by Gasteiger charge is 2.27. The van der Waals surface area contributed by atoms with Gasteiger partial charge < -0.3 is 20.3 Å². The Hall–Kier alpha value is -3.23. The molecule has 0 radical (unpaired) electrons. The summed E-state index contributed by atoms with van der Waals surface area (Å²) in [6.45, 7) is 1.48. The molecule has 7 nitrogen and oxygen atoms in total. The van der Waals surface area contributed by atoms with Gasteiger partial charge in [0.05, 0.1) is 30.9 Å². The van der Waals surface area contributed by atoms with Crippen molar-refractivity contribution in [2.45, 2.75) is 19.5 Å². The van der Waals surface area contributed by atoms with E-state index in [1.54, 1.807) is 13.0 Å². The predicted octanol–water partition coefficient (Wildman–Crippen LogP) is 2.59. The third-order valence-electron chi connectivity index (χ3n) is 4.23. The largest absolute Gasteiger partial charge is 0.481 e. The summed E-state index contributed by atoms with van der Waals surface area (Å²) in [6.07, 6.45) is 1.51. The Balaban J connectivity index is 1.68. The van der Waals surface area contributed by atoms with E-state index in [-0.39, 0.29) is 18.7 Å². The molecular weight excluding hydrogens is 358 g/mol. The minimum Gasteiger partial charge on any atom is -0.481 e. The summed E-state index contributed by atoms with van der Waals surface area (Å²) < 4.78 is 32.0. The maximum Gasteiger partial charge on any atom is 0.322 e. The van der Waals surface area contributed by atoms with Gasteiger partial charge in [-0.15, -0.1) is 0 Å². The number of amides is 3. The SMILES string of the molecule is COc1nccc2c1CN(CC(=O)N[C@@H](C)c1ccc(F)cc1F)C(=O)N2. The highest BCUT2D eigenvalue weighted by Crippen LogP contribution is 2.29. The summed E-state index contributed by atoms with van der Waals surface area (Å²) in [7, 11) is 1.47. The fourth-order valence-electron chi connectivity index (χ4n) is 2.89. The maximum absolute atomic E-state index is 13.8. The Kier molecular flexibility index (Phi) is 5.20. The maximum atomic E-state index is 13.8. The number of benzene rings is 1. The molecule has 142 valence electrons. The number of ether oxygens (including phenoxy) is 1. The van der Waals surface area contributed by atoms with Crippen molar-refractivity contribution in [2.24, 2.45) is 0 Å². The normalized spacial score (nSPS) is 14.2. The Morgan fingerprint density at radius 3 is 2.89 bits per heavy atom. The van der Waals surface area contributed by atoms with Gasteiger partial charge in [0.1, 0.15) is 18.2 Å². The molecule has 3 rings (SSSR count). The summed E-state index contributed by atoms with van der Waals surface area (Å²) in [6, 6.07) is 3.67. The molecule has 27 heavy (non-hydrogen) atoms. The first kappa shape index (κ1) is 18.6. The summed E-state index contributed by atoms with van der Waals surface area (Å²) in [4.78, 5) is 29.9. The topological polar surface area (TPSA) is 83.6 Å². The zero-order chi connectivity index (χ0) is 19.6. The molecule has 3 amide bonds. The van der Waals surface area contributed by atoms with Gasteiger partial charge in [-0.05, 0) is 19.1 Å². The highest BCUT2D eigenvalue weighted by molar-refractivity contribution is 5.95. The number of nitrogens with one attached hydrogen (secondary N) is 2. The van der Waals surface area contributed by atoms with Gasteiger partial charge in [0.25, 0.3) is 0 Å². The number of urea groups is 1. The Morgan fingerprint density at radius 2 is 2.19 bits per heavy atom. The van der Waals surface area contributed by atoms with Crippen LogP contribution >= 0.6 is 0 Å². The van der Waals surface area contributed by atoms with Gasteiger partial charge in [0, 0.05) is 17.8 Å². The number of methoxy groups -OCH3 is 1. The summed E-state index contributed by atoms with van der Waals surface area (Å²) in [5, 5.41) is 5.28. The molecule has 1 aliphatic heterocycles. The first-order valence-electron chi connectivity index (χ1n) is 8.21. The van der Waals surface area contributed by atoms with Gasteiger partial charge in [0.15, 0.2) is 0 Å². The quantitative estimate of drug-likeness (QED) is 0.840. The van der Waals surface area contributed by atoms with Crippen LogP contribution in [0.25, 0.3) is 0 Å². The van der Waals surface area contributed by atoms with E-state index in [9.17, 15) is 18.4 Å². The molecule has 2 N–H and O–H groups in total. The van der Waals surface area contributed by atoms with Crippen LogP contribution < -0.4 is 15.4 Å². The molecule has 0 unspecified atom stereocenters. The summed E-state index contributed by atoms with van der Waals surface area (Å²) in [5.74, 6) is -1.56. The van der Waals surface area contributed by atoms with Crippen molar-refractivity contribution < 1.29 is 23.1 Å². The van der Waals surface area contributed by atoms with Crippen molar-refractivity contribution in [1.82, 2.24) is 15.2 Å². The van der Waals surface area contributed by atoms with Crippen LogP contribution in [0.2, 0.25) is 0 Å². The zero-order valence-electron chi connectivity index (χ0n) is 14.8. The molecule has 0 saturated carbocycles. The monoisotopic (exact) mass is 376 g/mol. The molecule has 0 fully saturated rings. The van der Waals surface area contributed by atoms with Crippen molar-refractivity contribution in [3.05, 3.63) is 53.2 Å². The van der Waals surface area contributed by atoms with Crippen molar-refractivity contribution in [2.75, 3.05) is 19.0 Å². The van der Waals surface area contributed by atoms with E-state index in [1.165, 1.54) is 24.3 Å². The van der Waals surface area contributed by atoms with Crippen LogP contribution in [0.15, 0.2) is 30.5 Å². The van der Waals surface area contributed by atoms with Crippen LogP contribution in [-0.4, -0.2) is 35.5 Å². The summed E-state index contributed by atoms with van der Waals surface area (Å²) >= 11 is 0. The molecule has 2 aromatic rings. The number of fused-ring (bicyclic) bond motifs is 1. The van der Waals surface area contributed by atoms with Crippen molar-refractivity contribution in [1.29, 1.82) is 0 Å². The zero-order valence-corrected chi connectivity index (χ0v) is 14.8. The minimum absolute atomic E-state index is 0.144. The second-order valence-electron chi connectivity index (χ2n) is 6.09. The van der Waals surface area contributed by atoms with E-state index in [2.05, 4.69) is 15.6 Å². The van der Waals surface area contributed by atoms with E-state index in [4.69, 9.17) is 4.74 Å². The lowest BCUT2D eigenvalue weighted by Crippen LogP contribution is -2.45. The van der Waals surface area contributed by atoms with Crippen LogP contribution in [-0.2, 0) is 11.3 Å². The van der Waals surface area contributed by atoms with Gasteiger partial charge >= 0.3 is 6.03 Å². The Labute approximate surface area is 154 Å². The molecule has 9 heteroatoms. The highest BCUT2D eigenvalue weighted by atomic mass is 19.1. The fourth-order valence-corrected chi connectivity index (χ4v) is 2.89. The third kappa shape index (κ3) is 3.97. The van der Waals surface area contributed by atoms with E-state index in [0.717, 1.165) is 12.1 Å². The van der Waals surface area contributed by atoms with Gasteiger partial charge in [-0.2, -0.15) is 0 Å². The Bertz CT molecular complexity index is 891. The second-order valence-corrected chi connectivity index (χ2v) is 6.09. The van der Waals surface area contributed by atoms with Crippen molar-refractivity contribution in [3.8, 4) is 5.88 Å². The van der Waals surface area contributed by atoms with Gasteiger partial charge in [-0.3, -0.25) is 4.79 Å². The standard InChI is InChI=1S/C18H18F2N4O3/c1-10(12-4-3-11(19)7-14(12)20)22-16(25)9-24-8-13-15(23-18(24)26)5-6-21-17(13)27-2/h3-7,10H,8-9H2,1-2H3,(H,22,25)(H,23,26)/t10-/m0/s1. The summed E-state index contributed by atoms with van der Waals surface area (Å²) in [5.41, 5.74) is 1.39. The van der Waals surface area contributed by atoms with E-state index >= 15 is 0 Å². The number of hydrogen-bond donors (Lipinski definition) is 2. The van der Waals surface area contributed by atoms with Crippen LogP contribution in [0.3, 0.4) is 0 Å². The van der Waals surface area contributed by atoms with Crippen LogP contribution in [0.1, 0.15) is 24.1 Å². The molecule has 0 spiro atoms. The molecule has 1 atom stereocenters. The van der Waals surface area contributed by atoms with Crippen LogP contribution in [0, 0.1) is 11.6 Å². The van der Waals surface area contributed by atoms with E-state index in [1.807, 2.05) is 0 Å². The van der Waals surface area contributed by atoms with Crippen LogP contribution in [0.4, 0.5) is 19.3 Å². The number of nitrogens with zero attached hydrogens (tertiary/aromatic N) is 2. The number of halogens is 2. The third-order valence-corrected chi connectivity index (χ3v) is 4.23. The average Bonchev–Trinajstić information content (AvgIpc) is 2.61. The average molecular weight is 376 g/mol. The van der Waals surface area contributed by atoms with Gasteiger partial charge in [-0.25, -0.2) is 18.6 Å². The van der Waals surface area contributed by atoms with Gasteiger partial charge in [-0.1, -0.05) is 6.07 Å². The number of aromatic nitrogens is 1. The number of hydrogen-bond acceptors (Lipinski definition) is 4.